The van der Waals surface area contributed by atoms with Crippen molar-refractivity contribution in [1.82, 2.24) is 10.2 Å². The summed E-state index contributed by atoms with van der Waals surface area (Å²) in [4.78, 5) is 2.50. The summed E-state index contributed by atoms with van der Waals surface area (Å²) in [5.41, 5.74) is 1.16. The van der Waals surface area contributed by atoms with Crippen molar-refractivity contribution < 1.29 is 9.84 Å². The van der Waals surface area contributed by atoms with Crippen molar-refractivity contribution in [2.24, 2.45) is 5.92 Å². The van der Waals surface area contributed by atoms with Gasteiger partial charge in [0, 0.05) is 12.6 Å². The monoisotopic (exact) mass is 304 g/mol. The van der Waals surface area contributed by atoms with Crippen LogP contribution in [0.4, 0.5) is 0 Å². The van der Waals surface area contributed by atoms with E-state index in [-0.39, 0.29) is 5.75 Å². The van der Waals surface area contributed by atoms with Crippen LogP contribution in [0, 0.1) is 5.92 Å². The Bertz CT molecular complexity index is 478. The number of benzene rings is 1. The lowest BCUT2D eigenvalue weighted by Crippen LogP contribution is -2.45. The first kappa shape index (κ1) is 15.6. The van der Waals surface area contributed by atoms with Gasteiger partial charge in [0.25, 0.3) is 0 Å². The second-order valence-electron chi connectivity index (χ2n) is 6.68. The molecule has 1 aromatic carbocycles. The van der Waals surface area contributed by atoms with Crippen LogP contribution >= 0.6 is 0 Å². The molecule has 0 aliphatic carbocycles. The largest absolute Gasteiger partial charge is 0.504 e. The van der Waals surface area contributed by atoms with Gasteiger partial charge in [0.15, 0.2) is 11.5 Å². The summed E-state index contributed by atoms with van der Waals surface area (Å²) in [6.07, 6.45) is 6.68. The van der Waals surface area contributed by atoms with E-state index in [1.807, 2.05) is 18.2 Å². The number of piperidine rings is 2. The van der Waals surface area contributed by atoms with E-state index in [9.17, 15) is 5.11 Å². The summed E-state index contributed by atoms with van der Waals surface area (Å²) >= 11 is 0. The highest BCUT2D eigenvalue weighted by Crippen LogP contribution is 2.29. The Morgan fingerprint density at radius 3 is 2.68 bits per heavy atom. The molecule has 0 aromatic heterocycles. The van der Waals surface area contributed by atoms with Gasteiger partial charge in [-0.2, -0.15) is 0 Å². The van der Waals surface area contributed by atoms with Crippen molar-refractivity contribution >= 4 is 0 Å². The molecule has 2 aliphatic heterocycles. The lowest BCUT2D eigenvalue weighted by Gasteiger charge is -2.38. The number of rotatable bonds is 4. The zero-order valence-corrected chi connectivity index (χ0v) is 13.6. The number of likely N-dealkylation sites (tertiary alicyclic amines) is 1. The molecular formula is C18H28N2O2. The maximum absolute atomic E-state index is 9.88. The van der Waals surface area contributed by atoms with E-state index in [0.717, 1.165) is 37.2 Å². The highest BCUT2D eigenvalue weighted by Gasteiger charge is 2.27. The molecule has 2 fully saturated rings. The highest BCUT2D eigenvalue weighted by molar-refractivity contribution is 5.41. The molecule has 2 aliphatic rings. The molecule has 1 atom stereocenters. The van der Waals surface area contributed by atoms with Crippen LogP contribution in [0.25, 0.3) is 0 Å². The quantitative estimate of drug-likeness (QED) is 0.898. The van der Waals surface area contributed by atoms with Gasteiger partial charge in [-0.25, -0.2) is 0 Å². The molecule has 0 saturated carbocycles. The van der Waals surface area contributed by atoms with Crippen LogP contribution in [-0.4, -0.2) is 42.8 Å². The molecular weight excluding hydrogens is 276 g/mol. The predicted molar refractivity (Wildman–Crippen MR) is 88.3 cm³/mol. The van der Waals surface area contributed by atoms with Crippen molar-refractivity contribution in [2.75, 3.05) is 26.7 Å². The van der Waals surface area contributed by atoms with Crippen molar-refractivity contribution in [3.8, 4) is 11.5 Å². The molecule has 122 valence electrons. The molecule has 0 spiro atoms. The number of phenols is 1. The normalized spacial score (nSPS) is 24.3. The Kier molecular flexibility index (Phi) is 5.21. The second-order valence-corrected chi connectivity index (χ2v) is 6.68. The highest BCUT2D eigenvalue weighted by atomic mass is 16.5. The van der Waals surface area contributed by atoms with Gasteiger partial charge in [-0.3, -0.25) is 4.90 Å². The van der Waals surface area contributed by atoms with E-state index in [1.165, 1.54) is 38.6 Å². The van der Waals surface area contributed by atoms with E-state index in [4.69, 9.17) is 4.74 Å². The SMILES string of the molecule is COc1ccc(CN2CCC(C3CCCCN3)CC2)cc1O. The predicted octanol–water partition coefficient (Wildman–Crippen LogP) is 2.75. The van der Waals surface area contributed by atoms with Crippen molar-refractivity contribution in [3.63, 3.8) is 0 Å². The van der Waals surface area contributed by atoms with E-state index in [1.54, 1.807) is 7.11 Å². The third-order valence-electron chi connectivity index (χ3n) is 5.20. The number of nitrogens with zero attached hydrogens (tertiary/aromatic N) is 1. The zero-order valence-electron chi connectivity index (χ0n) is 13.6. The molecule has 2 saturated heterocycles. The number of hydrogen-bond donors (Lipinski definition) is 2. The number of ether oxygens (including phenoxy) is 1. The van der Waals surface area contributed by atoms with Gasteiger partial charge in [0.2, 0.25) is 0 Å². The molecule has 0 amide bonds. The lowest BCUT2D eigenvalue weighted by molar-refractivity contribution is 0.142. The van der Waals surface area contributed by atoms with Gasteiger partial charge in [0.1, 0.15) is 0 Å². The number of nitrogens with one attached hydrogen (secondary N) is 1. The molecule has 0 radical (unpaired) electrons. The number of methoxy groups -OCH3 is 1. The van der Waals surface area contributed by atoms with Gasteiger partial charge in [0.05, 0.1) is 7.11 Å². The van der Waals surface area contributed by atoms with E-state index in [0.29, 0.717) is 5.75 Å². The van der Waals surface area contributed by atoms with Crippen LogP contribution in [0.1, 0.15) is 37.7 Å². The third kappa shape index (κ3) is 3.73. The number of aromatic hydroxyl groups is 1. The summed E-state index contributed by atoms with van der Waals surface area (Å²) in [5.74, 6) is 1.63. The molecule has 2 N–H and O–H groups in total. The van der Waals surface area contributed by atoms with Gasteiger partial charge in [-0.15, -0.1) is 0 Å². The summed E-state index contributed by atoms with van der Waals surface area (Å²) in [6, 6.07) is 6.48. The van der Waals surface area contributed by atoms with Crippen LogP contribution in [-0.2, 0) is 6.54 Å². The topological polar surface area (TPSA) is 44.7 Å². The Labute approximate surface area is 133 Å². The summed E-state index contributed by atoms with van der Waals surface area (Å²) in [5, 5.41) is 13.6. The van der Waals surface area contributed by atoms with Crippen LogP contribution in [0.3, 0.4) is 0 Å². The summed E-state index contributed by atoms with van der Waals surface area (Å²) in [6.45, 7) is 4.45. The van der Waals surface area contributed by atoms with Gasteiger partial charge in [-0.05, 0) is 68.9 Å². The van der Waals surface area contributed by atoms with E-state index in [2.05, 4.69) is 10.2 Å². The molecule has 2 heterocycles. The first-order chi connectivity index (χ1) is 10.8. The van der Waals surface area contributed by atoms with Crippen LogP contribution in [0.5, 0.6) is 11.5 Å². The maximum atomic E-state index is 9.88. The number of phenolic OH excluding ortho intramolecular Hbond substituents is 1. The Morgan fingerprint density at radius 2 is 2.05 bits per heavy atom. The Morgan fingerprint density at radius 1 is 1.23 bits per heavy atom. The molecule has 22 heavy (non-hydrogen) atoms. The third-order valence-corrected chi connectivity index (χ3v) is 5.20. The zero-order chi connectivity index (χ0) is 15.4. The smallest absolute Gasteiger partial charge is 0.160 e. The fourth-order valence-electron chi connectivity index (χ4n) is 3.89. The minimum absolute atomic E-state index is 0.237. The second kappa shape index (κ2) is 7.34. The average molecular weight is 304 g/mol. The molecule has 1 unspecified atom stereocenters. The van der Waals surface area contributed by atoms with Gasteiger partial charge in [-0.1, -0.05) is 12.5 Å². The van der Waals surface area contributed by atoms with Crippen molar-refractivity contribution in [1.29, 1.82) is 0 Å². The minimum Gasteiger partial charge on any atom is -0.504 e. The van der Waals surface area contributed by atoms with Crippen LogP contribution in [0.15, 0.2) is 18.2 Å². The molecule has 3 rings (SSSR count). The molecule has 4 heteroatoms. The average Bonchev–Trinajstić information content (AvgIpc) is 2.57. The first-order valence-corrected chi connectivity index (χ1v) is 8.58. The molecule has 0 bridgehead atoms. The molecule has 1 aromatic rings. The van der Waals surface area contributed by atoms with E-state index < -0.39 is 0 Å². The fraction of sp³-hybridized carbons (Fsp3) is 0.667. The van der Waals surface area contributed by atoms with Crippen molar-refractivity contribution in [2.45, 2.75) is 44.7 Å². The molecule has 4 nitrogen and oxygen atoms in total. The summed E-state index contributed by atoms with van der Waals surface area (Å²) in [7, 11) is 1.58. The lowest BCUT2D eigenvalue weighted by atomic mass is 9.85. The maximum Gasteiger partial charge on any atom is 0.160 e. The fourth-order valence-corrected chi connectivity index (χ4v) is 3.89. The Hall–Kier alpha value is -1.26. The van der Waals surface area contributed by atoms with Gasteiger partial charge >= 0.3 is 0 Å². The number of hydrogen-bond acceptors (Lipinski definition) is 4. The Balaban J connectivity index is 1.50. The van der Waals surface area contributed by atoms with Crippen LogP contribution < -0.4 is 10.1 Å². The van der Waals surface area contributed by atoms with Crippen LogP contribution in [0.2, 0.25) is 0 Å². The van der Waals surface area contributed by atoms with Gasteiger partial charge < -0.3 is 15.2 Å². The standard InChI is InChI=1S/C18H28N2O2/c1-22-18-6-5-14(12-17(18)21)13-20-10-7-15(8-11-20)16-4-2-3-9-19-16/h5-6,12,15-16,19,21H,2-4,7-11,13H2,1H3. The first-order valence-electron chi connectivity index (χ1n) is 8.58. The minimum atomic E-state index is 0.237. The summed E-state index contributed by atoms with van der Waals surface area (Å²) < 4.78 is 5.10. The van der Waals surface area contributed by atoms with Crippen molar-refractivity contribution in [3.05, 3.63) is 23.8 Å². The van der Waals surface area contributed by atoms with E-state index >= 15 is 0 Å².